The molecule has 0 heteroatoms. The Balaban J connectivity index is 3.15. The molecule has 96 valence electrons. The quantitative estimate of drug-likeness (QED) is 0.293. The second-order valence-corrected chi connectivity index (χ2v) is 5.55. The third-order valence-corrected chi connectivity index (χ3v) is 3.20. The Hall–Kier alpha value is -0.260. The zero-order chi connectivity index (χ0) is 12.2. The van der Waals surface area contributed by atoms with E-state index in [0.29, 0.717) is 0 Å². The molecule has 0 radical (unpaired) electrons. The van der Waals surface area contributed by atoms with Gasteiger partial charge in [-0.3, -0.25) is 0 Å². The van der Waals surface area contributed by atoms with Crippen LogP contribution in [-0.2, 0) is 0 Å². The van der Waals surface area contributed by atoms with Crippen molar-refractivity contribution < 1.29 is 0 Å². The molecule has 0 rings (SSSR count). The average molecular weight is 224 g/mol. The van der Waals surface area contributed by atoms with Gasteiger partial charge in [0.05, 0.1) is 0 Å². The summed E-state index contributed by atoms with van der Waals surface area (Å²) >= 11 is 0. The van der Waals surface area contributed by atoms with E-state index < -0.39 is 0 Å². The van der Waals surface area contributed by atoms with Gasteiger partial charge in [-0.2, -0.15) is 0 Å². The van der Waals surface area contributed by atoms with Gasteiger partial charge >= 0.3 is 0 Å². The highest BCUT2D eigenvalue weighted by molar-refractivity contribution is 4.93. The fourth-order valence-corrected chi connectivity index (χ4v) is 2.03. The van der Waals surface area contributed by atoms with E-state index in [2.05, 4.69) is 27.4 Å². The lowest BCUT2D eigenvalue weighted by atomic mass is 10.0. The van der Waals surface area contributed by atoms with E-state index >= 15 is 0 Å². The van der Waals surface area contributed by atoms with Gasteiger partial charge in [0, 0.05) is 0 Å². The molecule has 0 aromatic rings. The lowest BCUT2D eigenvalue weighted by Crippen LogP contribution is -1.88. The molecule has 0 aliphatic heterocycles. The minimum Gasteiger partial charge on any atom is -0.0999 e. The largest absolute Gasteiger partial charge is 0.0999 e. The summed E-state index contributed by atoms with van der Waals surface area (Å²) in [6.45, 7) is 11.1. The van der Waals surface area contributed by atoms with Crippen LogP contribution in [0, 0.1) is 5.92 Å². The number of rotatable bonds is 11. The van der Waals surface area contributed by atoms with Gasteiger partial charge in [-0.25, -0.2) is 0 Å². The Labute approximate surface area is 104 Å². The molecule has 0 amide bonds. The van der Waals surface area contributed by atoms with Crippen molar-refractivity contribution in [1.82, 2.24) is 0 Å². The van der Waals surface area contributed by atoms with Crippen LogP contribution in [0.25, 0.3) is 0 Å². The molecule has 0 fully saturated rings. The van der Waals surface area contributed by atoms with E-state index in [1.807, 2.05) is 0 Å². The summed E-state index contributed by atoms with van der Waals surface area (Å²) in [4.78, 5) is 0. The van der Waals surface area contributed by atoms with Crippen molar-refractivity contribution in [2.24, 2.45) is 5.92 Å². The van der Waals surface area contributed by atoms with Crippen LogP contribution in [0.3, 0.4) is 0 Å². The van der Waals surface area contributed by atoms with Gasteiger partial charge < -0.3 is 0 Å². The van der Waals surface area contributed by atoms with Crippen molar-refractivity contribution >= 4 is 0 Å². The van der Waals surface area contributed by atoms with Gasteiger partial charge in [-0.15, -0.1) is 0 Å². The van der Waals surface area contributed by atoms with Gasteiger partial charge in [-0.1, -0.05) is 71.4 Å². The Kier molecular flexibility index (Phi) is 11.0. The number of hydrogen-bond donors (Lipinski definition) is 0. The molecule has 0 aliphatic carbocycles. The van der Waals surface area contributed by atoms with Crippen molar-refractivity contribution in [3.63, 3.8) is 0 Å². The van der Waals surface area contributed by atoms with Gasteiger partial charge in [0.1, 0.15) is 0 Å². The molecular formula is C16H32. The molecule has 0 nitrogen and oxygen atoms in total. The molecule has 0 aromatic heterocycles. The lowest BCUT2D eigenvalue weighted by Gasteiger charge is -2.06. The number of unbranched alkanes of at least 4 members (excludes halogenated alkanes) is 5. The first-order chi connectivity index (χ1) is 7.66. The van der Waals surface area contributed by atoms with Crippen LogP contribution in [0.1, 0.15) is 85.0 Å². The molecule has 0 unspecified atom stereocenters. The number of allylic oxidation sites excluding steroid dienone is 1. The topological polar surface area (TPSA) is 0 Å². The van der Waals surface area contributed by atoms with Gasteiger partial charge in [0.25, 0.3) is 0 Å². The second-order valence-electron chi connectivity index (χ2n) is 5.55. The Morgan fingerprint density at radius 1 is 0.875 bits per heavy atom. The lowest BCUT2D eigenvalue weighted by molar-refractivity contribution is 0.518. The first kappa shape index (κ1) is 15.7. The van der Waals surface area contributed by atoms with Crippen LogP contribution >= 0.6 is 0 Å². The maximum atomic E-state index is 4.17. The monoisotopic (exact) mass is 224 g/mol. The average Bonchev–Trinajstić information content (AvgIpc) is 2.23. The fourth-order valence-electron chi connectivity index (χ4n) is 2.03. The van der Waals surface area contributed by atoms with Crippen LogP contribution < -0.4 is 0 Å². The smallest absolute Gasteiger partial charge is 0.0323 e. The van der Waals surface area contributed by atoms with E-state index in [9.17, 15) is 0 Å². The van der Waals surface area contributed by atoms with Crippen molar-refractivity contribution in [2.75, 3.05) is 0 Å². The summed E-state index contributed by atoms with van der Waals surface area (Å²) < 4.78 is 0. The van der Waals surface area contributed by atoms with E-state index in [0.717, 1.165) is 5.92 Å². The predicted molar refractivity (Wildman–Crippen MR) is 75.8 cm³/mol. The van der Waals surface area contributed by atoms with Gasteiger partial charge in [0.15, 0.2) is 0 Å². The number of hydrogen-bond acceptors (Lipinski definition) is 0. The fraction of sp³-hybridized carbons (Fsp3) is 0.875. The van der Waals surface area contributed by atoms with Crippen molar-refractivity contribution in [1.29, 1.82) is 0 Å². The molecule has 0 aliphatic rings. The van der Waals surface area contributed by atoms with Crippen LogP contribution in [0.5, 0.6) is 0 Å². The summed E-state index contributed by atoms with van der Waals surface area (Å²) in [5, 5.41) is 0. The SMILES string of the molecule is C=C(CCCCC)CCCCCCC(C)C. The Morgan fingerprint density at radius 2 is 1.44 bits per heavy atom. The highest BCUT2D eigenvalue weighted by atomic mass is 14.0. The molecule has 0 saturated heterocycles. The predicted octanol–water partition coefficient (Wildman–Crippen LogP) is 6.12. The van der Waals surface area contributed by atoms with E-state index in [-0.39, 0.29) is 0 Å². The molecule has 0 heterocycles. The molecule has 0 N–H and O–H groups in total. The van der Waals surface area contributed by atoms with E-state index in [1.54, 1.807) is 0 Å². The van der Waals surface area contributed by atoms with Crippen LogP contribution in [0.2, 0.25) is 0 Å². The third-order valence-electron chi connectivity index (χ3n) is 3.20. The van der Waals surface area contributed by atoms with Crippen molar-refractivity contribution in [3.05, 3.63) is 12.2 Å². The summed E-state index contributed by atoms with van der Waals surface area (Å²) in [7, 11) is 0. The molecule has 0 spiro atoms. The maximum Gasteiger partial charge on any atom is -0.0323 e. The first-order valence-electron chi connectivity index (χ1n) is 7.33. The molecule has 16 heavy (non-hydrogen) atoms. The zero-order valence-corrected chi connectivity index (χ0v) is 11.9. The van der Waals surface area contributed by atoms with Crippen molar-refractivity contribution in [3.8, 4) is 0 Å². The summed E-state index contributed by atoms with van der Waals surface area (Å²) in [5.41, 5.74) is 1.48. The highest BCUT2D eigenvalue weighted by Crippen LogP contribution is 2.16. The van der Waals surface area contributed by atoms with Crippen LogP contribution in [-0.4, -0.2) is 0 Å². The summed E-state index contributed by atoms with van der Waals surface area (Å²) in [6.07, 6.45) is 13.6. The molecule has 0 aromatic carbocycles. The van der Waals surface area contributed by atoms with Crippen molar-refractivity contribution in [2.45, 2.75) is 85.0 Å². The third kappa shape index (κ3) is 11.8. The van der Waals surface area contributed by atoms with E-state index in [4.69, 9.17) is 0 Å². The zero-order valence-electron chi connectivity index (χ0n) is 11.9. The first-order valence-corrected chi connectivity index (χ1v) is 7.33. The summed E-state index contributed by atoms with van der Waals surface area (Å²) in [5.74, 6) is 0.879. The van der Waals surface area contributed by atoms with Gasteiger partial charge in [-0.05, 0) is 31.6 Å². The normalized spacial score (nSPS) is 11.0. The molecule has 0 saturated carbocycles. The van der Waals surface area contributed by atoms with E-state index in [1.165, 1.54) is 69.8 Å². The minimum atomic E-state index is 0.879. The standard InChI is InChI=1S/C16H32/c1-5-6-9-13-16(4)14-11-8-7-10-12-15(2)3/h15H,4-14H2,1-3H3. The maximum absolute atomic E-state index is 4.17. The molecule has 0 bridgehead atoms. The summed E-state index contributed by atoms with van der Waals surface area (Å²) in [6, 6.07) is 0. The molecular weight excluding hydrogens is 192 g/mol. The Bertz CT molecular complexity index is 155. The van der Waals surface area contributed by atoms with Crippen LogP contribution in [0.15, 0.2) is 12.2 Å². The minimum absolute atomic E-state index is 0.879. The Morgan fingerprint density at radius 3 is 2.00 bits per heavy atom. The van der Waals surface area contributed by atoms with Crippen LogP contribution in [0.4, 0.5) is 0 Å². The second kappa shape index (κ2) is 11.2. The molecule has 0 atom stereocenters. The van der Waals surface area contributed by atoms with Gasteiger partial charge in [0.2, 0.25) is 0 Å². The highest BCUT2D eigenvalue weighted by Gasteiger charge is 1.97.